The number of carbonyl (C=O) groups is 2. The van der Waals surface area contributed by atoms with E-state index in [1.807, 2.05) is 0 Å². The number of rotatable bonds is 16. The number of pyridine rings is 1. The van der Waals surface area contributed by atoms with Gasteiger partial charge in [-0.25, -0.2) is 14.6 Å². The molecule has 4 N–H and O–H groups in total. The highest BCUT2D eigenvalue weighted by Gasteiger charge is 2.59. The van der Waals surface area contributed by atoms with Crippen LogP contribution < -0.4 is 11.0 Å². The first-order chi connectivity index (χ1) is 19.6. The molecular formula is C28H38F2N4O7. The Morgan fingerprint density at radius 1 is 1.02 bits per heavy atom. The number of carboxylic acid groups (broad SMARTS) is 1. The van der Waals surface area contributed by atoms with Crippen molar-refractivity contribution in [3.8, 4) is 0 Å². The maximum Gasteiger partial charge on any atom is 0.354 e. The van der Waals surface area contributed by atoms with E-state index in [4.69, 9.17) is 9.84 Å². The van der Waals surface area contributed by atoms with Gasteiger partial charge in [0.05, 0.1) is 6.61 Å². The van der Waals surface area contributed by atoms with Crippen LogP contribution >= 0.6 is 0 Å². The fourth-order valence-corrected chi connectivity index (χ4v) is 4.76. The summed E-state index contributed by atoms with van der Waals surface area (Å²) in [5.74, 6) is -6.29. The third-order valence-corrected chi connectivity index (χ3v) is 7.10. The summed E-state index contributed by atoms with van der Waals surface area (Å²) in [6.45, 7) is 1.31. The summed E-state index contributed by atoms with van der Waals surface area (Å²) in [4.78, 5) is 44.5. The number of nitrogens with zero attached hydrogens (tertiary/aromatic N) is 3. The molecule has 11 nitrogen and oxygen atoms in total. The van der Waals surface area contributed by atoms with E-state index in [1.165, 1.54) is 50.7 Å². The zero-order chi connectivity index (χ0) is 30.0. The molecule has 0 spiro atoms. The van der Waals surface area contributed by atoms with Gasteiger partial charge >= 0.3 is 17.6 Å². The van der Waals surface area contributed by atoms with Crippen LogP contribution in [0.25, 0.3) is 0 Å². The summed E-state index contributed by atoms with van der Waals surface area (Å²) in [6.07, 6.45) is 6.77. The first kappa shape index (κ1) is 32.2. The topological polar surface area (TPSA) is 164 Å². The van der Waals surface area contributed by atoms with Crippen molar-refractivity contribution >= 4 is 17.7 Å². The maximum atomic E-state index is 14.4. The van der Waals surface area contributed by atoms with Crippen LogP contribution in [-0.4, -0.2) is 66.5 Å². The molecule has 3 atom stereocenters. The number of anilines is 1. The fourth-order valence-electron chi connectivity index (χ4n) is 4.76. The van der Waals surface area contributed by atoms with Crippen molar-refractivity contribution < 1.29 is 38.4 Å². The molecule has 41 heavy (non-hydrogen) atoms. The summed E-state index contributed by atoms with van der Waals surface area (Å²) in [5, 5.41) is 30.7. The third kappa shape index (κ3) is 8.37. The first-order valence-corrected chi connectivity index (χ1v) is 14.1. The number of nitrogens with one attached hydrogen (secondary N) is 1. The molecule has 0 aromatic carbocycles. The van der Waals surface area contributed by atoms with Crippen LogP contribution in [0.5, 0.6) is 0 Å². The number of halogens is 2. The predicted molar refractivity (Wildman–Crippen MR) is 145 cm³/mol. The number of aromatic carboxylic acids is 1. The van der Waals surface area contributed by atoms with Crippen molar-refractivity contribution in [2.45, 2.75) is 102 Å². The average Bonchev–Trinajstić information content (AvgIpc) is 3.17. The lowest BCUT2D eigenvalue weighted by atomic mass is 10.0. The van der Waals surface area contributed by atoms with Crippen molar-refractivity contribution in [2.75, 3.05) is 11.9 Å². The molecule has 0 radical (unpaired) electrons. The van der Waals surface area contributed by atoms with Crippen molar-refractivity contribution in [1.29, 1.82) is 0 Å². The normalized spacial score (nSPS) is 19.8. The molecule has 2 aromatic rings. The van der Waals surface area contributed by atoms with E-state index in [0.717, 1.165) is 37.9 Å². The van der Waals surface area contributed by atoms with E-state index in [1.54, 1.807) is 0 Å². The van der Waals surface area contributed by atoms with E-state index in [2.05, 4.69) is 22.2 Å². The number of aromatic nitrogens is 3. The summed E-state index contributed by atoms with van der Waals surface area (Å²) in [5.41, 5.74) is -1.16. The molecule has 1 saturated heterocycles. The van der Waals surface area contributed by atoms with Crippen LogP contribution in [0.2, 0.25) is 0 Å². The number of aliphatic hydroxyl groups is 2. The Bertz CT molecular complexity index is 1240. The lowest BCUT2D eigenvalue weighted by Gasteiger charge is -2.21. The standard InChI is InChI=1S/C28H38F2N4O7/c1-2-3-4-5-6-7-8-9-10-11-12-18-13-14-19(31-22(18)25(38)39)24(37)32-21-15-16-34(27(40)33-21)26-28(29,30)23(36)20(17-35)41-26/h13-16,20,23,26,35-36H,2-12,17H2,1H3,(H,38,39)(H,32,33,37,40)/t20-,23-,26-/m1/s1. The molecule has 3 rings (SSSR count). The van der Waals surface area contributed by atoms with Gasteiger partial charge in [-0.05, 0) is 30.5 Å². The molecule has 1 fully saturated rings. The van der Waals surface area contributed by atoms with Gasteiger partial charge in [-0.2, -0.15) is 13.8 Å². The number of aryl methyl sites for hydroxylation is 1. The van der Waals surface area contributed by atoms with Crippen molar-refractivity contribution in [3.05, 3.63) is 51.8 Å². The molecule has 0 unspecified atom stereocenters. The number of carbonyl (C=O) groups excluding carboxylic acids is 1. The monoisotopic (exact) mass is 580 g/mol. The molecule has 13 heteroatoms. The molecule has 1 amide bonds. The van der Waals surface area contributed by atoms with Crippen molar-refractivity contribution in [1.82, 2.24) is 14.5 Å². The minimum absolute atomic E-state index is 0.222. The molecule has 2 aromatic heterocycles. The Balaban J connectivity index is 1.57. The smallest absolute Gasteiger partial charge is 0.354 e. The van der Waals surface area contributed by atoms with Gasteiger partial charge in [-0.15, -0.1) is 0 Å². The minimum Gasteiger partial charge on any atom is -0.477 e. The molecule has 1 aliphatic rings. The maximum absolute atomic E-state index is 14.4. The van der Waals surface area contributed by atoms with E-state index in [9.17, 15) is 33.4 Å². The SMILES string of the molecule is CCCCCCCCCCCCc1ccc(C(=O)Nc2ccn([C@@H]3O[C@H](CO)[C@@H](O)C3(F)F)c(=O)n2)nc1C(=O)O. The van der Waals surface area contributed by atoms with Crippen LogP contribution in [0.3, 0.4) is 0 Å². The number of hydrogen-bond acceptors (Lipinski definition) is 8. The Kier molecular flexibility index (Phi) is 11.9. The number of hydrogen-bond donors (Lipinski definition) is 4. The van der Waals surface area contributed by atoms with E-state index >= 15 is 0 Å². The Morgan fingerprint density at radius 2 is 1.66 bits per heavy atom. The van der Waals surface area contributed by atoms with Crippen LogP contribution in [0, 0.1) is 0 Å². The molecule has 3 heterocycles. The zero-order valence-electron chi connectivity index (χ0n) is 23.1. The van der Waals surface area contributed by atoms with Crippen LogP contribution in [0.4, 0.5) is 14.6 Å². The quantitative estimate of drug-likeness (QED) is 0.215. The first-order valence-electron chi connectivity index (χ1n) is 14.1. The minimum atomic E-state index is -3.88. The Morgan fingerprint density at radius 3 is 2.22 bits per heavy atom. The summed E-state index contributed by atoms with van der Waals surface area (Å²) in [7, 11) is 0. The third-order valence-electron chi connectivity index (χ3n) is 7.10. The molecule has 0 aliphatic carbocycles. The summed E-state index contributed by atoms with van der Waals surface area (Å²) >= 11 is 0. The summed E-state index contributed by atoms with van der Waals surface area (Å²) in [6, 6.07) is 3.97. The Hall–Kier alpha value is -3.29. The number of aliphatic hydroxyl groups excluding tert-OH is 2. The van der Waals surface area contributed by atoms with Gasteiger partial charge in [0.2, 0.25) is 6.23 Å². The molecule has 0 bridgehead atoms. The van der Waals surface area contributed by atoms with E-state index in [0.29, 0.717) is 16.6 Å². The van der Waals surface area contributed by atoms with Gasteiger partial charge in [0.25, 0.3) is 5.91 Å². The second-order valence-corrected chi connectivity index (χ2v) is 10.2. The van der Waals surface area contributed by atoms with Crippen LogP contribution in [0.1, 0.15) is 104 Å². The molecular weight excluding hydrogens is 542 g/mol. The number of ether oxygens (including phenoxy) is 1. The second-order valence-electron chi connectivity index (χ2n) is 10.2. The second kappa shape index (κ2) is 15.1. The van der Waals surface area contributed by atoms with E-state index in [-0.39, 0.29) is 17.2 Å². The zero-order valence-corrected chi connectivity index (χ0v) is 23.1. The van der Waals surface area contributed by atoms with Gasteiger partial charge in [-0.1, -0.05) is 70.8 Å². The molecule has 1 aliphatic heterocycles. The Labute approximate surface area is 236 Å². The number of unbranched alkanes of at least 4 members (excludes halogenated alkanes) is 9. The van der Waals surface area contributed by atoms with Crippen molar-refractivity contribution in [2.24, 2.45) is 0 Å². The predicted octanol–water partition coefficient (Wildman–Crippen LogP) is 3.94. The van der Waals surface area contributed by atoms with Gasteiger partial charge in [0, 0.05) is 6.20 Å². The number of alkyl halides is 2. The van der Waals surface area contributed by atoms with E-state index < -0.39 is 48.5 Å². The summed E-state index contributed by atoms with van der Waals surface area (Å²) < 4.78 is 34.1. The van der Waals surface area contributed by atoms with Crippen LogP contribution in [0.15, 0.2) is 29.2 Å². The fraction of sp³-hybridized carbons (Fsp3) is 0.607. The number of amides is 1. The van der Waals surface area contributed by atoms with Gasteiger partial charge in [0.15, 0.2) is 11.8 Å². The van der Waals surface area contributed by atoms with Gasteiger partial charge in [0.1, 0.15) is 17.6 Å². The lowest BCUT2D eigenvalue weighted by molar-refractivity contribution is -0.140. The highest BCUT2D eigenvalue weighted by Crippen LogP contribution is 2.42. The lowest BCUT2D eigenvalue weighted by Crippen LogP contribution is -2.41. The van der Waals surface area contributed by atoms with Crippen LogP contribution in [-0.2, 0) is 11.2 Å². The number of carboxylic acids is 1. The molecule has 0 saturated carbocycles. The average molecular weight is 581 g/mol. The van der Waals surface area contributed by atoms with Gasteiger partial charge < -0.3 is 25.4 Å². The highest BCUT2D eigenvalue weighted by atomic mass is 19.3. The highest BCUT2D eigenvalue weighted by molar-refractivity contribution is 6.03. The van der Waals surface area contributed by atoms with Gasteiger partial charge in [-0.3, -0.25) is 9.36 Å². The molecule has 226 valence electrons. The van der Waals surface area contributed by atoms with Crippen molar-refractivity contribution in [3.63, 3.8) is 0 Å². The largest absolute Gasteiger partial charge is 0.477 e.